The molecule has 0 atom stereocenters. The number of phosphoric acid groups is 1. The van der Waals surface area contributed by atoms with Crippen molar-refractivity contribution >= 4 is 30.6 Å². The van der Waals surface area contributed by atoms with Gasteiger partial charge in [0.05, 0.1) is 36.2 Å². The average molecular weight is 637 g/mol. The molecular formula is C31H34FN6O6P. The second-order valence-electron chi connectivity index (χ2n) is 11.5. The zero-order valence-corrected chi connectivity index (χ0v) is 26.1. The van der Waals surface area contributed by atoms with Crippen molar-refractivity contribution in [1.29, 1.82) is 0 Å². The second kappa shape index (κ2) is 12.8. The van der Waals surface area contributed by atoms with Crippen LogP contribution in [0.3, 0.4) is 0 Å². The summed E-state index contributed by atoms with van der Waals surface area (Å²) >= 11 is 0. The van der Waals surface area contributed by atoms with Crippen LogP contribution in [0.4, 0.5) is 15.0 Å². The Hall–Kier alpha value is -4.55. The number of carbonyl (C=O) groups excluding carboxylic acids is 1. The van der Waals surface area contributed by atoms with E-state index in [0.717, 1.165) is 16.9 Å². The van der Waals surface area contributed by atoms with Crippen molar-refractivity contribution in [2.75, 3.05) is 11.9 Å². The van der Waals surface area contributed by atoms with Gasteiger partial charge in [0, 0.05) is 29.0 Å². The Bertz CT molecular complexity index is 1880. The van der Waals surface area contributed by atoms with Crippen molar-refractivity contribution < 1.29 is 32.8 Å². The lowest BCUT2D eigenvalue weighted by atomic mass is 9.92. The molecule has 14 heteroatoms. The molecule has 0 spiro atoms. The highest BCUT2D eigenvalue weighted by atomic mass is 31.2. The monoisotopic (exact) mass is 636 g/mol. The summed E-state index contributed by atoms with van der Waals surface area (Å²) in [6.07, 6.45) is 1.59. The molecule has 2 amide bonds. The summed E-state index contributed by atoms with van der Waals surface area (Å²) < 4.78 is 39.0. The summed E-state index contributed by atoms with van der Waals surface area (Å²) in [7, 11) is -4.57. The number of fused-ring (bicyclic) bond motifs is 1. The first-order valence-corrected chi connectivity index (χ1v) is 15.6. The lowest BCUT2D eigenvalue weighted by Gasteiger charge is -2.14. The number of benzene rings is 3. The predicted octanol–water partition coefficient (Wildman–Crippen LogP) is 6.19. The third-order valence-corrected chi connectivity index (χ3v) is 7.38. The largest absolute Gasteiger partial charge is 0.469 e. The number of urea groups is 1. The fourth-order valence-electron chi connectivity index (χ4n) is 4.52. The summed E-state index contributed by atoms with van der Waals surface area (Å²) in [5.41, 5.74) is 3.56. The van der Waals surface area contributed by atoms with Gasteiger partial charge in [0.2, 0.25) is 0 Å². The van der Waals surface area contributed by atoms with E-state index in [1.165, 1.54) is 18.2 Å². The van der Waals surface area contributed by atoms with Crippen molar-refractivity contribution in [1.82, 2.24) is 24.9 Å². The quantitative estimate of drug-likeness (QED) is 0.132. The standard InChI is InChI=1S/C31H34FN6O6P/c1-20-5-8-24(9-6-20)38-29(17-28(36-38)31(2,3)4)35-30(39)33-18-22-15-23(32)7-12-27(22)44-25-10-11-26-21(16-25)19-34-37(26)13-14-43-45(40,41)42/h5-12,15-17,19H,13-14,18H2,1-4H3,(H2,33,35,39)(H2,40,41,42). The normalized spacial score (nSPS) is 12.0. The molecule has 45 heavy (non-hydrogen) atoms. The fraction of sp³-hybridized carbons (Fsp3) is 0.258. The number of nitrogens with one attached hydrogen (secondary N) is 2. The minimum Gasteiger partial charge on any atom is -0.457 e. The molecule has 0 fully saturated rings. The summed E-state index contributed by atoms with van der Waals surface area (Å²) in [4.78, 5) is 30.8. The first-order chi connectivity index (χ1) is 21.2. The Kier molecular flexibility index (Phi) is 9.08. The van der Waals surface area contributed by atoms with E-state index >= 15 is 0 Å². The number of carbonyl (C=O) groups is 1. The smallest absolute Gasteiger partial charge is 0.457 e. The number of anilines is 1. The van der Waals surface area contributed by atoms with E-state index in [9.17, 15) is 13.8 Å². The number of aromatic nitrogens is 4. The van der Waals surface area contributed by atoms with Crippen LogP contribution in [-0.2, 0) is 27.6 Å². The summed E-state index contributed by atoms with van der Waals surface area (Å²) in [5.74, 6) is 0.793. The van der Waals surface area contributed by atoms with Gasteiger partial charge in [-0.25, -0.2) is 18.4 Å². The molecule has 0 aliphatic heterocycles. The van der Waals surface area contributed by atoms with Crippen LogP contribution in [0.2, 0.25) is 0 Å². The van der Waals surface area contributed by atoms with Crippen LogP contribution in [0, 0.1) is 12.7 Å². The first kappa shape index (κ1) is 31.9. The first-order valence-electron chi connectivity index (χ1n) is 14.1. The number of aryl methyl sites for hydroxylation is 1. The molecule has 2 heterocycles. The van der Waals surface area contributed by atoms with Gasteiger partial charge in [-0.1, -0.05) is 38.5 Å². The third kappa shape index (κ3) is 8.14. The molecule has 0 aliphatic carbocycles. The lowest BCUT2D eigenvalue weighted by Crippen LogP contribution is -2.29. The molecule has 0 saturated carbocycles. The van der Waals surface area contributed by atoms with Gasteiger partial charge in [-0.05, 0) is 55.5 Å². The van der Waals surface area contributed by atoms with Crippen molar-refractivity contribution in [2.24, 2.45) is 0 Å². The van der Waals surface area contributed by atoms with Gasteiger partial charge in [0.25, 0.3) is 0 Å². The number of hydrogen-bond donors (Lipinski definition) is 4. The molecule has 5 rings (SSSR count). The third-order valence-electron chi connectivity index (χ3n) is 6.86. The van der Waals surface area contributed by atoms with Gasteiger partial charge in [-0.3, -0.25) is 14.5 Å². The van der Waals surface area contributed by atoms with Crippen LogP contribution in [0.1, 0.15) is 37.6 Å². The molecule has 0 radical (unpaired) electrons. The maximum atomic E-state index is 14.3. The second-order valence-corrected chi connectivity index (χ2v) is 12.7. The van der Waals surface area contributed by atoms with Crippen molar-refractivity contribution in [3.8, 4) is 17.2 Å². The van der Waals surface area contributed by atoms with Crippen LogP contribution in [0.15, 0.2) is 72.9 Å². The zero-order chi connectivity index (χ0) is 32.4. The van der Waals surface area contributed by atoms with Gasteiger partial charge < -0.3 is 19.8 Å². The van der Waals surface area contributed by atoms with E-state index in [1.54, 1.807) is 33.8 Å². The molecule has 3 aromatic carbocycles. The van der Waals surface area contributed by atoms with Crippen LogP contribution in [0.5, 0.6) is 11.5 Å². The minimum atomic E-state index is -4.57. The maximum absolute atomic E-state index is 14.3. The minimum absolute atomic E-state index is 0.0243. The SMILES string of the molecule is Cc1ccc(-n2nc(C(C)(C)C)cc2NC(=O)NCc2cc(F)ccc2Oc2ccc3c(cnn3CCOP(=O)(O)O)c2)cc1. The number of nitrogens with zero attached hydrogens (tertiary/aromatic N) is 4. The molecule has 0 bridgehead atoms. The van der Waals surface area contributed by atoms with E-state index in [0.29, 0.717) is 33.8 Å². The maximum Gasteiger partial charge on any atom is 0.469 e. The predicted molar refractivity (Wildman–Crippen MR) is 167 cm³/mol. The van der Waals surface area contributed by atoms with Gasteiger partial charge in [0.1, 0.15) is 23.1 Å². The number of phosphoric ester groups is 1. The average Bonchev–Trinajstić information content (AvgIpc) is 3.57. The van der Waals surface area contributed by atoms with Crippen molar-refractivity contribution in [3.63, 3.8) is 0 Å². The number of hydrogen-bond acceptors (Lipinski definition) is 6. The molecule has 236 valence electrons. The molecule has 0 saturated heterocycles. The Morgan fingerprint density at radius 2 is 1.80 bits per heavy atom. The van der Waals surface area contributed by atoms with Gasteiger partial charge >= 0.3 is 13.9 Å². The molecule has 0 unspecified atom stereocenters. The topological polar surface area (TPSA) is 153 Å². The molecule has 12 nitrogen and oxygen atoms in total. The molecule has 2 aromatic heterocycles. The van der Waals surface area contributed by atoms with E-state index in [1.807, 2.05) is 58.0 Å². The fourth-order valence-corrected chi connectivity index (χ4v) is 4.84. The Labute approximate surface area is 259 Å². The Balaban J connectivity index is 1.29. The van der Waals surface area contributed by atoms with Crippen LogP contribution in [-0.4, -0.2) is 42.0 Å². The molecule has 5 aromatic rings. The highest BCUT2D eigenvalue weighted by Gasteiger charge is 2.22. The van der Waals surface area contributed by atoms with Crippen LogP contribution >= 0.6 is 7.82 Å². The summed E-state index contributed by atoms with van der Waals surface area (Å²) in [6, 6.07) is 18.3. The van der Waals surface area contributed by atoms with E-state index in [4.69, 9.17) is 19.6 Å². The van der Waals surface area contributed by atoms with Gasteiger partial charge in [-0.2, -0.15) is 10.2 Å². The van der Waals surface area contributed by atoms with E-state index in [-0.39, 0.29) is 25.1 Å². The van der Waals surface area contributed by atoms with Crippen molar-refractivity contribution in [2.45, 2.75) is 46.2 Å². The lowest BCUT2D eigenvalue weighted by molar-refractivity contribution is 0.189. The van der Waals surface area contributed by atoms with Crippen LogP contribution in [0.25, 0.3) is 16.6 Å². The van der Waals surface area contributed by atoms with E-state index in [2.05, 4.69) is 20.3 Å². The molecular weight excluding hydrogens is 602 g/mol. The van der Waals surface area contributed by atoms with Gasteiger partial charge in [0.15, 0.2) is 0 Å². The Morgan fingerprint density at radius 3 is 2.51 bits per heavy atom. The zero-order valence-electron chi connectivity index (χ0n) is 25.2. The van der Waals surface area contributed by atoms with Crippen molar-refractivity contribution in [3.05, 3.63) is 95.6 Å². The summed E-state index contributed by atoms with van der Waals surface area (Å²) in [5, 5.41) is 15.3. The van der Waals surface area contributed by atoms with Crippen LogP contribution < -0.4 is 15.4 Å². The Morgan fingerprint density at radius 1 is 1.04 bits per heavy atom. The van der Waals surface area contributed by atoms with Gasteiger partial charge in [-0.15, -0.1) is 0 Å². The molecule has 4 N–H and O–H groups in total. The highest BCUT2D eigenvalue weighted by Crippen LogP contribution is 2.35. The number of ether oxygens (including phenoxy) is 1. The van der Waals surface area contributed by atoms with E-state index < -0.39 is 19.7 Å². The summed E-state index contributed by atoms with van der Waals surface area (Å²) in [6.45, 7) is 8.01. The number of amides is 2. The molecule has 0 aliphatic rings. The number of halogens is 1. The highest BCUT2D eigenvalue weighted by molar-refractivity contribution is 7.46. The number of rotatable bonds is 10.